The summed E-state index contributed by atoms with van der Waals surface area (Å²) in [5.74, 6) is 0. The first-order valence-electron chi connectivity index (χ1n) is 5.36. The zero-order valence-electron chi connectivity index (χ0n) is 10.3. The summed E-state index contributed by atoms with van der Waals surface area (Å²) in [4.78, 5) is 10.0. The lowest BCUT2D eigenvalue weighted by Gasteiger charge is -2.04. The highest BCUT2D eigenvalue weighted by atomic mass is 32.2. The van der Waals surface area contributed by atoms with Crippen LogP contribution in [0.15, 0.2) is 59.6 Å². The van der Waals surface area contributed by atoms with Crippen LogP contribution in [-0.4, -0.2) is 19.3 Å². The molecule has 2 rings (SSSR count). The molecule has 1 heterocycles. The molecule has 19 heavy (non-hydrogen) atoms. The van der Waals surface area contributed by atoms with Crippen molar-refractivity contribution in [2.24, 2.45) is 7.05 Å². The molecule has 0 fully saturated rings. The topological polar surface area (TPSA) is 78.1 Å². The van der Waals surface area contributed by atoms with Gasteiger partial charge in [-0.2, -0.15) is 4.57 Å². The molecule has 1 aromatic heterocycles. The molecule has 6 heteroatoms. The molecule has 1 aromatic carbocycles. The van der Waals surface area contributed by atoms with Crippen LogP contribution < -0.4 is 4.57 Å². The van der Waals surface area contributed by atoms with Crippen LogP contribution in [0.2, 0.25) is 0 Å². The van der Waals surface area contributed by atoms with Gasteiger partial charge in [-0.3, -0.25) is 4.79 Å². The molecule has 0 unspecified atom stereocenters. The average Bonchev–Trinajstić information content (AvgIpc) is 2.40. The highest BCUT2D eigenvalue weighted by Gasteiger charge is 1.98. The molecule has 0 radical (unpaired) electrons. The normalized spacial score (nSPS) is 10.2. The van der Waals surface area contributed by atoms with Crippen LogP contribution >= 0.6 is 0 Å². The molecule has 0 aliphatic carbocycles. The summed E-state index contributed by atoms with van der Waals surface area (Å²) >= 11 is 0. The lowest BCUT2D eigenvalue weighted by molar-refractivity contribution is -0.672. The summed E-state index contributed by atoms with van der Waals surface area (Å²) in [6.45, 7) is 0. The Morgan fingerprint density at radius 1 is 1.05 bits per heavy atom. The third-order valence-electron chi connectivity index (χ3n) is 2.25. The maximum absolute atomic E-state index is 10.3. The quantitative estimate of drug-likeness (QED) is 0.465. The fraction of sp³-hybridized carbons (Fsp3) is 0.0769. The van der Waals surface area contributed by atoms with Crippen molar-refractivity contribution in [2.75, 3.05) is 0 Å². The van der Waals surface area contributed by atoms with Crippen molar-refractivity contribution in [3.8, 4) is 0 Å². The highest BCUT2D eigenvalue weighted by Crippen LogP contribution is 2.04. The number of hydrogen-bond acceptors (Lipinski definition) is 4. The summed E-state index contributed by atoms with van der Waals surface area (Å²) in [5.41, 5.74) is 0.692. The average molecular weight is 279 g/mol. The number of rotatable bonds is 2. The smallest absolute Gasteiger partial charge is 0.245 e. The van der Waals surface area contributed by atoms with Gasteiger partial charge in [-0.25, -0.2) is 8.42 Å². The second-order valence-electron chi connectivity index (χ2n) is 3.62. The fourth-order valence-electron chi connectivity index (χ4n) is 1.25. The number of hydrogen-bond donors (Lipinski definition) is 0. The van der Waals surface area contributed by atoms with Gasteiger partial charge in [0.05, 0.1) is 4.90 Å². The van der Waals surface area contributed by atoms with Crippen molar-refractivity contribution in [3.63, 3.8) is 0 Å². The first-order chi connectivity index (χ1) is 8.95. The van der Waals surface area contributed by atoms with E-state index in [2.05, 4.69) is 0 Å². The molecule has 100 valence electrons. The molecule has 5 nitrogen and oxygen atoms in total. The van der Waals surface area contributed by atoms with Gasteiger partial charge in [0, 0.05) is 12.1 Å². The number of nitrogens with zero attached hydrogens (tertiary/aromatic N) is 1. The molecule has 0 aliphatic heterocycles. The Hall–Kier alpha value is -2.05. The number of carbonyl (C=O) groups is 1. The van der Waals surface area contributed by atoms with E-state index in [1.165, 1.54) is 24.3 Å². The van der Waals surface area contributed by atoms with Gasteiger partial charge in [-0.1, -0.05) is 18.2 Å². The molecule has 0 bridgehead atoms. The van der Waals surface area contributed by atoms with Crippen molar-refractivity contribution < 1.29 is 22.3 Å². The van der Waals surface area contributed by atoms with Crippen molar-refractivity contribution in [1.29, 1.82) is 0 Å². The maximum Gasteiger partial charge on any atom is 0.245 e. The summed E-state index contributed by atoms with van der Waals surface area (Å²) < 4.78 is 32.6. The minimum absolute atomic E-state index is 0.185. The second-order valence-corrected chi connectivity index (χ2v) is 5.00. The van der Waals surface area contributed by atoms with E-state index in [0.717, 1.165) is 6.29 Å². The molecule has 0 N–H and O–H groups in total. The number of aryl methyl sites for hydroxylation is 1. The zero-order chi connectivity index (χ0) is 14.3. The number of aldehydes is 1. The van der Waals surface area contributed by atoms with Gasteiger partial charge < -0.3 is 4.55 Å². The highest BCUT2D eigenvalue weighted by molar-refractivity contribution is 7.85. The molecule has 0 saturated carbocycles. The predicted molar refractivity (Wildman–Crippen MR) is 67.4 cm³/mol. The Morgan fingerprint density at radius 2 is 1.63 bits per heavy atom. The minimum Gasteiger partial charge on any atom is -0.744 e. The van der Waals surface area contributed by atoms with Crippen LogP contribution in [0, 0.1) is 0 Å². The first kappa shape index (κ1) is 15.0. The van der Waals surface area contributed by atoms with Crippen molar-refractivity contribution in [3.05, 3.63) is 60.4 Å². The Kier molecular flexibility index (Phi) is 5.35. The van der Waals surface area contributed by atoms with Gasteiger partial charge >= 0.3 is 0 Å². The second kappa shape index (κ2) is 6.77. The van der Waals surface area contributed by atoms with Gasteiger partial charge in [0.1, 0.15) is 17.2 Å². The number of pyridine rings is 1. The van der Waals surface area contributed by atoms with Crippen LogP contribution in [0.1, 0.15) is 10.5 Å². The van der Waals surface area contributed by atoms with Gasteiger partial charge in [-0.05, 0) is 18.2 Å². The molecule has 0 spiro atoms. The Labute approximate surface area is 111 Å². The Bertz CT molecular complexity index is 639. The maximum atomic E-state index is 10.3. The third-order valence-corrected chi connectivity index (χ3v) is 3.10. The van der Waals surface area contributed by atoms with E-state index in [4.69, 9.17) is 0 Å². The largest absolute Gasteiger partial charge is 0.744 e. The lowest BCUT2D eigenvalue weighted by Crippen LogP contribution is -2.32. The first-order valence-corrected chi connectivity index (χ1v) is 6.77. The number of carbonyl (C=O) groups excluding carboxylic acids is 1. The summed E-state index contributed by atoms with van der Waals surface area (Å²) in [5, 5.41) is 0. The molecule has 0 aliphatic rings. The molecule has 0 saturated heterocycles. The third kappa shape index (κ3) is 4.99. The lowest BCUT2D eigenvalue weighted by atomic mass is 10.4. The van der Waals surface area contributed by atoms with Crippen LogP contribution in [0.5, 0.6) is 0 Å². The zero-order valence-corrected chi connectivity index (χ0v) is 11.1. The van der Waals surface area contributed by atoms with Crippen LogP contribution in [-0.2, 0) is 17.2 Å². The summed E-state index contributed by atoms with van der Waals surface area (Å²) in [6, 6.07) is 12.7. The van der Waals surface area contributed by atoms with E-state index < -0.39 is 10.1 Å². The van der Waals surface area contributed by atoms with Crippen LogP contribution in [0.4, 0.5) is 0 Å². The van der Waals surface area contributed by atoms with Gasteiger partial charge in [0.15, 0.2) is 6.20 Å². The van der Waals surface area contributed by atoms with Gasteiger partial charge in [-0.15, -0.1) is 0 Å². The van der Waals surface area contributed by atoms with Crippen molar-refractivity contribution in [2.45, 2.75) is 4.90 Å². The molecule has 0 atom stereocenters. The number of benzene rings is 1. The molecular formula is C13H13NO4S. The molecular weight excluding hydrogens is 266 g/mol. The fourth-order valence-corrected chi connectivity index (χ4v) is 1.74. The Morgan fingerprint density at radius 3 is 2.00 bits per heavy atom. The van der Waals surface area contributed by atoms with Gasteiger partial charge in [0.2, 0.25) is 12.0 Å². The van der Waals surface area contributed by atoms with Crippen molar-refractivity contribution in [1.82, 2.24) is 0 Å². The van der Waals surface area contributed by atoms with E-state index in [1.807, 2.05) is 25.4 Å². The van der Waals surface area contributed by atoms with E-state index in [0.29, 0.717) is 5.69 Å². The molecule has 0 amide bonds. The SMILES string of the molecule is C[n+]1ccccc1C=O.O=S(=O)([O-])c1ccccc1. The van der Waals surface area contributed by atoms with Crippen LogP contribution in [0.25, 0.3) is 0 Å². The minimum atomic E-state index is -4.25. The van der Waals surface area contributed by atoms with E-state index in [1.54, 1.807) is 16.7 Å². The summed E-state index contributed by atoms with van der Waals surface area (Å²) in [6.07, 6.45) is 2.67. The van der Waals surface area contributed by atoms with Crippen molar-refractivity contribution >= 4 is 16.4 Å². The standard InChI is InChI=1S/C7H8NO.C6H6O3S/c1-8-5-3-2-4-7(8)6-9;7-10(8,9)6-4-2-1-3-5-6/h2-6H,1H3;1-5H,(H,7,8,9)/q+1;/p-1. The van der Waals surface area contributed by atoms with E-state index >= 15 is 0 Å². The Balaban J connectivity index is 0.000000191. The predicted octanol–water partition coefficient (Wildman–Crippen LogP) is 0.914. The van der Waals surface area contributed by atoms with E-state index in [-0.39, 0.29) is 4.90 Å². The molecule has 2 aromatic rings. The van der Waals surface area contributed by atoms with Crippen LogP contribution in [0.3, 0.4) is 0 Å². The number of aromatic nitrogens is 1. The monoisotopic (exact) mass is 279 g/mol. The summed E-state index contributed by atoms with van der Waals surface area (Å²) in [7, 11) is -2.42. The van der Waals surface area contributed by atoms with E-state index in [9.17, 15) is 17.8 Å². The van der Waals surface area contributed by atoms with Gasteiger partial charge in [0.25, 0.3) is 0 Å².